The van der Waals surface area contributed by atoms with E-state index in [0.717, 1.165) is 10.7 Å². The first-order valence-electron chi connectivity index (χ1n) is 5.48. The number of rotatable bonds is 4. The van der Waals surface area contributed by atoms with E-state index in [4.69, 9.17) is 10.2 Å². The molecular formula is C13H14N2O2S. The summed E-state index contributed by atoms with van der Waals surface area (Å²) in [7, 11) is 0. The lowest BCUT2D eigenvalue weighted by Crippen LogP contribution is -2.15. The van der Waals surface area contributed by atoms with Gasteiger partial charge >= 0.3 is 0 Å². The number of nitrogen functional groups attached to an aromatic ring is 1. The average Bonchev–Trinajstić information content (AvgIpc) is 2.75. The second kappa shape index (κ2) is 5.64. The number of benzene rings is 1. The zero-order valence-corrected chi connectivity index (χ0v) is 10.8. The maximum Gasteiger partial charge on any atom is 0.234 e. The number of aryl methyl sites for hydroxylation is 1. The molecule has 0 radical (unpaired) electrons. The third-order valence-electron chi connectivity index (χ3n) is 2.40. The van der Waals surface area contributed by atoms with E-state index in [9.17, 15) is 4.79 Å². The molecule has 1 aromatic heterocycles. The zero-order valence-electron chi connectivity index (χ0n) is 9.97. The van der Waals surface area contributed by atoms with Gasteiger partial charge in [0.15, 0.2) is 0 Å². The highest BCUT2D eigenvalue weighted by atomic mass is 32.2. The van der Waals surface area contributed by atoms with Crippen LogP contribution in [0.5, 0.6) is 0 Å². The number of amides is 1. The second-order valence-corrected chi connectivity index (χ2v) is 4.78. The number of anilines is 2. The van der Waals surface area contributed by atoms with E-state index in [1.54, 1.807) is 18.4 Å². The lowest BCUT2D eigenvalue weighted by Gasteiger charge is -2.07. The summed E-state index contributed by atoms with van der Waals surface area (Å²) in [6, 6.07) is 9.04. The molecule has 1 amide bonds. The number of carbonyl (C=O) groups excluding carboxylic acids is 1. The molecule has 94 valence electrons. The largest absolute Gasteiger partial charge is 0.468 e. The number of hydrogen-bond donors (Lipinski definition) is 2. The van der Waals surface area contributed by atoms with Gasteiger partial charge in [0.25, 0.3) is 0 Å². The highest BCUT2D eigenvalue weighted by molar-refractivity contribution is 8.00. The number of para-hydroxylation sites is 2. The Labute approximate surface area is 110 Å². The van der Waals surface area contributed by atoms with Crippen LogP contribution >= 0.6 is 11.8 Å². The fraction of sp³-hybridized carbons (Fsp3) is 0.154. The van der Waals surface area contributed by atoms with Crippen LogP contribution in [0.25, 0.3) is 0 Å². The Kier molecular flexibility index (Phi) is 3.94. The van der Waals surface area contributed by atoms with Crippen molar-refractivity contribution in [2.24, 2.45) is 0 Å². The fourth-order valence-electron chi connectivity index (χ4n) is 1.46. The van der Waals surface area contributed by atoms with E-state index < -0.39 is 0 Å². The van der Waals surface area contributed by atoms with Crippen LogP contribution in [0.3, 0.4) is 0 Å². The van der Waals surface area contributed by atoms with Gasteiger partial charge in [0.05, 0.1) is 23.4 Å². The van der Waals surface area contributed by atoms with Crippen molar-refractivity contribution in [3.05, 3.63) is 42.4 Å². The van der Waals surface area contributed by atoms with E-state index in [-0.39, 0.29) is 5.91 Å². The molecule has 2 rings (SSSR count). The van der Waals surface area contributed by atoms with Crippen LogP contribution < -0.4 is 11.1 Å². The number of nitrogens with two attached hydrogens (primary N) is 1. The summed E-state index contributed by atoms with van der Waals surface area (Å²) in [6.07, 6.45) is 1.62. The molecule has 1 heterocycles. The number of nitrogens with one attached hydrogen (secondary N) is 1. The quantitative estimate of drug-likeness (QED) is 0.656. The topological polar surface area (TPSA) is 68.3 Å². The monoisotopic (exact) mass is 262 g/mol. The van der Waals surface area contributed by atoms with Crippen LogP contribution in [0, 0.1) is 6.92 Å². The molecule has 5 heteroatoms. The van der Waals surface area contributed by atoms with Crippen LogP contribution in [0.4, 0.5) is 11.4 Å². The minimum absolute atomic E-state index is 0.0847. The molecule has 3 N–H and O–H groups in total. The van der Waals surface area contributed by atoms with Crippen LogP contribution in [-0.4, -0.2) is 11.7 Å². The molecule has 1 aromatic carbocycles. The molecule has 18 heavy (non-hydrogen) atoms. The maximum absolute atomic E-state index is 11.8. The molecule has 4 nitrogen and oxygen atoms in total. The lowest BCUT2D eigenvalue weighted by molar-refractivity contribution is -0.113. The Morgan fingerprint density at radius 3 is 2.83 bits per heavy atom. The number of hydrogen-bond acceptors (Lipinski definition) is 4. The highest BCUT2D eigenvalue weighted by Crippen LogP contribution is 2.23. The van der Waals surface area contributed by atoms with Gasteiger partial charge in [-0.3, -0.25) is 4.79 Å². The summed E-state index contributed by atoms with van der Waals surface area (Å²) in [4.78, 5) is 12.7. The lowest BCUT2D eigenvalue weighted by atomic mass is 10.3. The predicted molar refractivity (Wildman–Crippen MR) is 73.7 cm³/mol. The smallest absolute Gasteiger partial charge is 0.234 e. The third kappa shape index (κ3) is 3.07. The van der Waals surface area contributed by atoms with Crippen LogP contribution in [0.15, 0.2) is 45.9 Å². The SMILES string of the molecule is Cc1occc1SCC(=O)Nc1ccccc1N. The molecule has 0 aliphatic carbocycles. The van der Waals surface area contributed by atoms with Crippen molar-refractivity contribution >= 4 is 29.0 Å². The third-order valence-corrected chi connectivity index (χ3v) is 3.55. The molecular weight excluding hydrogens is 248 g/mol. The van der Waals surface area contributed by atoms with E-state index in [0.29, 0.717) is 17.1 Å². The van der Waals surface area contributed by atoms with Crippen LogP contribution in [-0.2, 0) is 4.79 Å². The first-order chi connectivity index (χ1) is 8.66. The summed E-state index contributed by atoms with van der Waals surface area (Å²) in [5.41, 5.74) is 6.96. The summed E-state index contributed by atoms with van der Waals surface area (Å²) < 4.78 is 5.16. The first kappa shape index (κ1) is 12.6. The molecule has 0 unspecified atom stereocenters. The normalized spacial score (nSPS) is 10.3. The first-order valence-corrected chi connectivity index (χ1v) is 6.46. The standard InChI is InChI=1S/C13H14N2O2S/c1-9-12(6-7-17-9)18-8-13(16)15-11-5-3-2-4-10(11)14/h2-7H,8,14H2,1H3,(H,15,16). The number of furan rings is 1. The fourth-order valence-corrected chi connectivity index (χ4v) is 2.23. The minimum atomic E-state index is -0.0847. The van der Waals surface area contributed by atoms with Crippen molar-refractivity contribution in [1.82, 2.24) is 0 Å². The van der Waals surface area contributed by atoms with Crippen molar-refractivity contribution in [3.63, 3.8) is 0 Å². The second-order valence-electron chi connectivity index (χ2n) is 3.77. The molecule has 0 saturated heterocycles. The van der Waals surface area contributed by atoms with Crippen molar-refractivity contribution in [1.29, 1.82) is 0 Å². The van der Waals surface area contributed by atoms with Crippen LogP contribution in [0.1, 0.15) is 5.76 Å². The van der Waals surface area contributed by atoms with Gasteiger partial charge in [0.1, 0.15) is 5.76 Å². The Morgan fingerprint density at radius 1 is 1.39 bits per heavy atom. The van der Waals surface area contributed by atoms with Gasteiger partial charge in [-0.2, -0.15) is 0 Å². The summed E-state index contributed by atoms with van der Waals surface area (Å²) in [5.74, 6) is 1.07. The number of carbonyl (C=O) groups is 1. The van der Waals surface area contributed by atoms with Crippen molar-refractivity contribution in [2.75, 3.05) is 16.8 Å². The molecule has 0 bridgehead atoms. The Morgan fingerprint density at radius 2 is 2.17 bits per heavy atom. The van der Waals surface area contributed by atoms with Gasteiger partial charge in [-0.1, -0.05) is 12.1 Å². The Hall–Kier alpha value is -1.88. The Bertz CT molecular complexity index is 551. The maximum atomic E-state index is 11.8. The minimum Gasteiger partial charge on any atom is -0.468 e. The van der Waals surface area contributed by atoms with Gasteiger partial charge < -0.3 is 15.5 Å². The molecule has 0 atom stereocenters. The molecule has 0 aliphatic rings. The summed E-state index contributed by atoms with van der Waals surface area (Å²) in [6.45, 7) is 1.87. The van der Waals surface area contributed by atoms with Gasteiger partial charge in [-0.05, 0) is 25.1 Å². The average molecular weight is 262 g/mol. The van der Waals surface area contributed by atoms with E-state index >= 15 is 0 Å². The van der Waals surface area contributed by atoms with Crippen molar-refractivity contribution in [2.45, 2.75) is 11.8 Å². The molecule has 0 fully saturated rings. The van der Waals surface area contributed by atoms with Gasteiger partial charge in [-0.25, -0.2) is 0 Å². The molecule has 2 aromatic rings. The van der Waals surface area contributed by atoms with Crippen LogP contribution in [0.2, 0.25) is 0 Å². The van der Waals surface area contributed by atoms with E-state index in [2.05, 4.69) is 5.32 Å². The van der Waals surface area contributed by atoms with Gasteiger partial charge in [0, 0.05) is 4.90 Å². The zero-order chi connectivity index (χ0) is 13.0. The van der Waals surface area contributed by atoms with Gasteiger partial charge in [0.2, 0.25) is 5.91 Å². The summed E-state index contributed by atoms with van der Waals surface area (Å²) >= 11 is 1.44. The predicted octanol–water partition coefficient (Wildman–Crippen LogP) is 2.90. The molecule has 0 saturated carbocycles. The van der Waals surface area contributed by atoms with Crippen molar-refractivity contribution < 1.29 is 9.21 Å². The molecule has 0 aliphatic heterocycles. The van der Waals surface area contributed by atoms with E-state index in [1.807, 2.05) is 25.1 Å². The highest BCUT2D eigenvalue weighted by Gasteiger charge is 2.08. The summed E-state index contributed by atoms with van der Waals surface area (Å²) in [5, 5.41) is 2.78. The molecule has 0 spiro atoms. The van der Waals surface area contributed by atoms with Crippen molar-refractivity contribution in [3.8, 4) is 0 Å². The number of thioether (sulfide) groups is 1. The van der Waals surface area contributed by atoms with Gasteiger partial charge in [-0.15, -0.1) is 11.8 Å². The Balaban J connectivity index is 1.90. The van der Waals surface area contributed by atoms with E-state index in [1.165, 1.54) is 11.8 Å².